The van der Waals surface area contributed by atoms with E-state index in [4.69, 9.17) is 4.74 Å². The molecule has 0 aromatic rings. The topological polar surface area (TPSA) is 125 Å². The van der Waals surface area contributed by atoms with Crippen molar-refractivity contribution < 1.29 is 29.0 Å². The second-order valence-corrected chi connectivity index (χ2v) is 6.21. The largest absolute Gasteiger partial charge is 0.392 e. The molecule has 1 saturated heterocycles. The van der Waals surface area contributed by atoms with Crippen LogP contribution in [0.3, 0.4) is 0 Å². The number of carbonyl (C=O) groups is 3. The van der Waals surface area contributed by atoms with E-state index < -0.39 is 29.0 Å². The molecule has 0 radical (unpaired) electrons. The Kier molecular flexibility index (Phi) is 8.56. The van der Waals surface area contributed by atoms with Gasteiger partial charge < -0.3 is 14.9 Å². The van der Waals surface area contributed by atoms with Gasteiger partial charge in [0.05, 0.1) is 12.5 Å². The molecule has 1 heterocycles. The molecule has 2 atom stereocenters. The van der Waals surface area contributed by atoms with Crippen LogP contribution in [-0.2, 0) is 24.0 Å². The number of nitrogens with one attached hydrogen (secondary N) is 1. The summed E-state index contributed by atoms with van der Waals surface area (Å²) in [6.45, 7) is 2.17. The number of hydrogen-bond acceptors (Lipinski definition) is 9. The van der Waals surface area contributed by atoms with Crippen LogP contribution >= 0.6 is 11.8 Å². The zero-order valence-electron chi connectivity index (χ0n) is 12.8. The smallest absolute Gasteiger partial charge is 0.330 e. The highest BCUT2D eigenvalue weighted by molar-refractivity contribution is 8.13. The lowest BCUT2D eigenvalue weighted by Gasteiger charge is -2.12. The van der Waals surface area contributed by atoms with Gasteiger partial charge in [0.15, 0.2) is 5.12 Å². The minimum absolute atomic E-state index is 0.116. The average Bonchev–Trinajstić information content (AvgIpc) is 3.03. The lowest BCUT2D eigenvalue weighted by Crippen LogP contribution is -2.35. The van der Waals surface area contributed by atoms with E-state index in [2.05, 4.69) is 10.2 Å². The van der Waals surface area contributed by atoms with Crippen LogP contribution < -0.4 is 5.32 Å². The minimum Gasteiger partial charge on any atom is -0.392 e. The van der Waals surface area contributed by atoms with Gasteiger partial charge in [-0.1, -0.05) is 18.7 Å². The van der Waals surface area contributed by atoms with E-state index in [0.29, 0.717) is 6.42 Å². The molecule has 0 amide bonds. The summed E-state index contributed by atoms with van der Waals surface area (Å²) in [5, 5.41) is 11.8. The van der Waals surface area contributed by atoms with Crippen LogP contribution in [-0.4, -0.2) is 47.1 Å². The van der Waals surface area contributed by atoms with Crippen LogP contribution in [0.25, 0.3) is 0 Å². The molecule has 1 aliphatic rings. The first kappa shape index (κ1) is 19.4. The molecule has 0 aliphatic carbocycles. The fourth-order valence-corrected chi connectivity index (χ4v) is 2.73. The summed E-state index contributed by atoms with van der Waals surface area (Å²) in [6.07, 6.45) is 1.87. The van der Waals surface area contributed by atoms with Crippen LogP contribution in [0.15, 0.2) is 0 Å². The third-order valence-corrected chi connectivity index (χ3v) is 4.36. The van der Waals surface area contributed by atoms with E-state index in [1.54, 1.807) is 6.92 Å². The first-order valence-corrected chi connectivity index (χ1v) is 8.30. The summed E-state index contributed by atoms with van der Waals surface area (Å²) in [5.74, 6) is -1.63. The lowest BCUT2D eigenvalue weighted by molar-refractivity contribution is -0.757. The van der Waals surface area contributed by atoms with Gasteiger partial charge in [-0.05, 0) is 25.8 Å². The van der Waals surface area contributed by atoms with Gasteiger partial charge in [-0.3, -0.25) is 9.59 Å². The van der Waals surface area contributed by atoms with Gasteiger partial charge in [0.2, 0.25) is 0 Å². The van der Waals surface area contributed by atoms with Gasteiger partial charge in [-0.25, -0.2) is 4.79 Å². The van der Waals surface area contributed by atoms with Crippen LogP contribution in [0.1, 0.15) is 32.6 Å². The quantitative estimate of drug-likeness (QED) is 0.211. The molecule has 0 bridgehead atoms. The van der Waals surface area contributed by atoms with Crippen molar-refractivity contribution in [3.63, 3.8) is 0 Å². The molecule has 130 valence electrons. The van der Waals surface area contributed by atoms with Crippen molar-refractivity contribution in [3.05, 3.63) is 10.1 Å². The molecule has 0 unspecified atom stereocenters. The normalized spacial score (nSPS) is 18.2. The van der Waals surface area contributed by atoms with E-state index in [0.717, 1.165) is 24.7 Å². The first-order chi connectivity index (χ1) is 10.9. The van der Waals surface area contributed by atoms with E-state index in [9.17, 15) is 24.5 Å². The standard InChI is InChI=1S/C13H20N2O7S/c1-9(8-23-11(16)5-3-7-21-15(19)20)12(17)22-13(18)10-4-2-6-14-10/h9-10,14H,2-8H2,1H3/t9-,10+/m1/s1. The maximum Gasteiger partial charge on any atom is 0.330 e. The Balaban J connectivity index is 2.17. The maximum atomic E-state index is 11.8. The summed E-state index contributed by atoms with van der Waals surface area (Å²) >= 11 is 0.939. The first-order valence-electron chi connectivity index (χ1n) is 7.32. The van der Waals surface area contributed by atoms with Crippen molar-refractivity contribution >= 4 is 28.8 Å². The van der Waals surface area contributed by atoms with Crippen molar-refractivity contribution in [2.45, 2.75) is 38.6 Å². The summed E-state index contributed by atoms with van der Waals surface area (Å²) < 4.78 is 4.79. The number of carbonyl (C=O) groups excluding carboxylic acids is 3. The third kappa shape index (κ3) is 7.93. The Morgan fingerprint density at radius 3 is 2.78 bits per heavy atom. The summed E-state index contributed by atoms with van der Waals surface area (Å²) in [4.78, 5) is 49.0. The predicted octanol–water partition coefficient (Wildman–Crippen LogP) is 0.693. The fourth-order valence-electron chi connectivity index (χ4n) is 1.87. The van der Waals surface area contributed by atoms with Crippen molar-refractivity contribution in [3.8, 4) is 0 Å². The van der Waals surface area contributed by atoms with Crippen molar-refractivity contribution in [2.24, 2.45) is 5.92 Å². The molecule has 0 aromatic carbocycles. The van der Waals surface area contributed by atoms with Crippen LogP contribution in [0, 0.1) is 16.0 Å². The Labute approximate surface area is 137 Å². The summed E-state index contributed by atoms with van der Waals surface area (Å²) in [5.41, 5.74) is 0. The molecule has 1 fully saturated rings. The van der Waals surface area contributed by atoms with E-state index in [1.807, 2.05) is 0 Å². The van der Waals surface area contributed by atoms with E-state index in [-0.39, 0.29) is 30.3 Å². The van der Waals surface area contributed by atoms with E-state index >= 15 is 0 Å². The highest BCUT2D eigenvalue weighted by Crippen LogP contribution is 2.15. The number of thioether (sulfide) groups is 1. The second kappa shape index (κ2) is 10.2. The molecule has 1 N–H and O–H groups in total. The lowest BCUT2D eigenvalue weighted by atomic mass is 10.2. The van der Waals surface area contributed by atoms with Gasteiger partial charge in [0.1, 0.15) is 6.04 Å². The van der Waals surface area contributed by atoms with Crippen LogP contribution in [0.2, 0.25) is 0 Å². The van der Waals surface area contributed by atoms with Crippen LogP contribution in [0.5, 0.6) is 0 Å². The molecule has 0 spiro atoms. The highest BCUT2D eigenvalue weighted by Gasteiger charge is 2.27. The zero-order chi connectivity index (χ0) is 17.2. The number of rotatable bonds is 9. The average molecular weight is 348 g/mol. The number of esters is 2. The molecule has 9 nitrogen and oxygen atoms in total. The molecule has 1 aliphatic heterocycles. The Hall–Kier alpha value is -1.68. The number of ether oxygens (including phenoxy) is 1. The van der Waals surface area contributed by atoms with Gasteiger partial charge >= 0.3 is 11.9 Å². The predicted molar refractivity (Wildman–Crippen MR) is 80.9 cm³/mol. The second-order valence-electron chi connectivity index (χ2n) is 5.13. The number of nitrogens with zero attached hydrogens (tertiary/aromatic N) is 1. The highest BCUT2D eigenvalue weighted by atomic mass is 32.2. The fraction of sp³-hybridized carbons (Fsp3) is 0.769. The van der Waals surface area contributed by atoms with E-state index in [1.165, 1.54) is 0 Å². The molecular formula is C13H20N2O7S. The van der Waals surface area contributed by atoms with Crippen molar-refractivity contribution in [2.75, 3.05) is 18.9 Å². The molecule has 10 heteroatoms. The summed E-state index contributed by atoms with van der Waals surface area (Å²) in [6, 6.07) is -0.429. The monoisotopic (exact) mass is 348 g/mol. The van der Waals surface area contributed by atoms with Crippen LogP contribution in [0.4, 0.5) is 0 Å². The van der Waals surface area contributed by atoms with Crippen molar-refractivity contribution in [1.82, 2.24) is 5.32 Å². The van der Waals surface area contributed by atoms with Gasteiger partial charge in [-0.2, -0.15) is 0 Å². The van der Waals surface area contributed by atoms with Gasteiger partial charge in [0.25, 0.3) is 5.09 Å². The zero-order valence-corrected chi connectivity index (χ0v) is 13.6. The molecule has 0 saturated carbocycles. The Morgan fingerprint density at radius 2 is 2.17 bits per heavy atom. The van der Waals surface area contributed by atoms with Gasteiger partial charge in [-0.15, -0.1) is 10.1 Å². The minimum atomic E-state index is -0.911. The SMILES string of the molecule is C[C@H](CSC(=O)CCCO[N+](=O)[O-])C(=O)OC(=O)[C@@H]1CCCN1. The molecule has 1 rings (SSSR count). The van der Waals surface area contributed by atoms with Crippen molar-refractivity contribution in [1.29, 1.82) is 0 Å². The third-order valence-electron chi connectivity index (χ3n) is 3.16. The Bertz CT molecular complexity index is 452. The summed E-state index contributed by atoms with van der Waals surface area (Å²) in [7, 11) is 0. The number of hydrogen-bond donors (Lipinski definition) is 1. The Morgan fingerprint density at radius 1 is 1.43 bits per heavy atom. The molecule has 0 aromatic heterocycles. The maximum absolute atomic E-state index is 11.8. The van der Waals surface area contributed by atoms with Gasteiger partial charge in [0, 0.05) is 12.2 Å². The molecular weight excluding hydrogens is 328 g/mol. The molecule has 23 heavy (non-hydrogen) atoms.